The molecule has 0 aliphatic rings. The van der Waals surface area contributed by atoms with Gasteiger partial charge in [0.15, 0.2) is 0 Å². The number of hydrogen-bond donors (Lipinski definition) is 1. The van der Waals surface area contributed by atoms with Crippen LogP contribution in [0.4, 0.5) is 15.8 Å². The molecule has 0 aliphatic heterocycles. The predicted octanol–water partition coefficient (Wildman–Crippen LogP) is 2.43. The highest BCUT2D eigenvalue weighted by atomic mass is 32.2. The summed E-state index contributed by atoms with van der Waals surface area (Å²) in [4.78, 5) is 0. The quantitative estimate of drug-likeness (QED) is 0.897. The molecular weight excluding hydrogens is 255 g/mol. The maximum Gasteiger partial charge on any atom is 0.232 e. The molecule has 18 heavy (non-hydrogen) atoms. The van der Waals surface area contributed by atoms with E-state index in [-0.39, 0.29) is 6.04 Å². The van der Waals surface area contributed by atoms with Gasteiger partial charge >= 0.3 is 0 Å². The van der Waals surface area contributed by atoms with Crippen molar-refractivity contribution in [2.45, 2.75) is 26.3 Å². The van der Waals surface area contributed by atoms with Gasteiger partial charge in [0.05, 0.1) is 17.6 Å². The lowest BCUT2D eigenvalue weighted by atomic mass is 10.2. The number of hydrogen-bond acceptors (Lipinski definition) is 3. The number of sulfonamides is 1. The summed E-state index contributed by atoms with van der Waals surface area (Å²) in [5, 5.41) is 3.17. The molecule has 0 saturated heterocycles. The molecule has 0 bridgehead atoms. The Morgan fingerprint density at radius 1 is 1.44 bits per heavy atom. The van der Waals surface area contributed by atoms with Crippen LogP contribution in [0.5, 0.6) is 0 Å². The molecule has 0 saturated carbocycles. The maximum absolute atomic E-state index is 13.3. The largest absolute Gasteiger partial charge is 0.381 e. The van der Waals surface area contributed by atoms with Gasteiger partial charge in [-0.15, -0.1) is 0 Å². The molecular formula is C12H19FN2O2S. The molecule has 0 aliphatic carbocycles. The summed E-state index contributed by atoms with van der Waals surface area (Å²) in [5.41, 5.74) is 0.927. The minimum absolute atomic E-state index is 0.183. The number of anilines is 2. The molecule has 0 fully saturated rings. The molecule has 1 rings (SSSR count). The summed E-state index contributed by atoms with van der Waals surface area (Å²) < 4.78 is 37.4. The summed E-state index contributed by atoms with van der Waals surface area (Å²) in [6.45, 7) is 3.99. The summed E-state index contributed by atoms with van der Waals surface area (Å²) in [6, 6.07) is 4.26. The molecule has 0 amide bonds. The first-order chi connectivity index (χ1) is 8.25. The van der Waals surface area contributed by atoms with Crippen molar-refractivity contribution in [2.24, 2.45) is 0 Å². The first kappa shape index (κ1) is 14.8. The molecule has 4 nitrogen and oxygen atoms in total. The Labute approximate surface area is 108 Å². The van der Waals surface area contributed by atoms with Crippen molar-refractivity contribution in [2.75, 3.05) is 22.9 Å². The Hall–Kier alpha value is -1.30. The van der Waals surface area contributed by atoms with Crippen LogP contribution >= 0.6 is 0 Å². The van der Waals surface area contributed by atoms with Crippen molar-refractivity contribution in [1.29, 1.82) is 0 Å². The van der Waals surface area contributed by atoms with Crippen LogP contribution in [-0.2, 0) is 10.0 Å². The summed E-state index contributed by atoms with van der Waals surface area (Å²) in [7, 11) is -2.00. The van der Waals surface area contributed by atoms with Crippen LogP contribution in [0.1, 0.15) is 20.3 Å². The predicted molar refractivity (Wildman–Crippen MR) is 73.0 cm³/mol. The first-order valence-electron chi connectivity index (χ1n) is 5.75. The van der Waals surface area contributed by atoms with Crippen LogP contribution in [0.25, 0.3) is 0 Å². The fourth-order valence-electron chi connectivity index (χ4n) is 1.43. The Kier molecular flexibility index (Phi) is 4.56. The van der Waals surface area contributed by atoms with E-state index in [2.05, 4.69) is 5.32 Å². The van der Waals surface area contributed by atoms with Crippen LogP contribution in [0.15, 0.2) is 18.2 Å². The van der Waals surface area contributed by atoms with Gasteiger partial charge in [-0.1, -0.05) is 6.92 Å². The van der Waals surface area contributed by atoms with E-state index in [1.54, 1.807) is 6.07 Å². The Bertz CT molecular complexity index is 517. The molecule has 1 aromatic carbocycles. The molecule has 0 heterocycles. The van der Waals surface area contributed by atoms with E-state index < -0.39 is 15.8 Å². The normalized spacial score (nSPS) is 13.2. The molecule has 1 aromatic rings. The zero-order valence-electron chi connectivity index (χ0n) is 11.1. The molecule has 102 valence electrons. The monoisotopic (exact) mass is 274 g/mol. The van der Waals surface area contributed by atoms with E-state index in [0.29, 0.717) is 11.4 Å². The molecule has 6 heteroatoms. The van der Waals surface area contributed by atoms with Crippen molar-refractivity contribution in [3.63, 3.8) is 0 Å². The summed E-state index contributed by atoms with van der Waals surface area (Å²) >= 11 is 0. The van der Waals surface area contributed by atoms with E-state index in [1.807, 2.05) is 13.8 Å². The smallest absolute Gasteiger partial charge is 0.232 e. The second-order valence-corrected chi connectivity index (χ2v) is 6.36. The Morgan fingerprint density at radius 3 is 2.56 bits per heavy atom. The highest BCUT2D eigenvalue weighted by Gasteiger charge is 2.17. The van der Waals surface area contributed by atoms with Crippen molar-refractivity contribution < 1.29 is 12.8 Å². The number of nitrogens with zero attached hydrogens (tertiary/aromatic N) is 1. The zero-order chi connectivity index (χ0) is 13.9. The van der Waals surface area contributed by atoms with Gasteiger partial charge in [0, 0.05) is 19.2 Å². The van der Waals surface area contributed by atoms with Gasteiger partial charge < -0.3 is 5.32 Å². The van der Waals surface area contributed by atoms with Gasteiger partial charge in [0.1, 0.15) is 5.82 Å². The lowest BCUT2D eigenvalue weighted by Crippen LogP contribution is -2.27. The van der Waals surface area contributed by atoms with Crippen LogP contribution in [0.2, 0.25) is 0 Å². The Morgan fingerprint density at radius 2 is 2.06 bits per heavy atom. The average molecular weight is 274 g/mol. The maximum atomic E-state index is 13.3. The Balaban J connectivity index is 3.19. The molecule has 0 spiro atoms. The van der Waals surface area contributed by atoms with Crippen LogP contribution in [0.3, 0.4) is 0 Å². The van der Waals surface area contributed by atoms with Crippen molar-refractivity contribution in [3.8, 4) is 0 Å². The van der Waals surface area contributed by atoms with E-state index >= 15 is 0 Å². The zero-order valence-corrected chi connectivity index (χ0v) is 11.9. The van der Waals surface area contributed by atoms with E-state index in [0.717, 1.165) is 17.0 Å². The molecule has 1 atom stereocenters. The summed E-state index contributed by atoms with van der Waals surface area (Å²) in [6.07, 6.45) is 1.98. The van der Waals surface area contributed by atoms with Crippen molar-refractivity contribution >= 4 is 21.4 Å². The summed E-state index contributed by atoms with van der Waals surface area (Å²) in [5.74, 6) is -0.463. The fourth-order valence-corrected chi connectivity index (χ4v) is 1.94. The minimum Gasteiger partial charge on any atom is -0.381 e. The van der Waals surface area contributed by atoms with E-state index in [4.69, 9.17) is 0 Å². The van der Waals surface area contributed by atoms with Gasteiger partial charge in [-0.3, -0.25) is 4.31 Å². The third-order valence-electron chi connectivity index (χ3n) is 2.81. The lowest BCUT2D eigenvalue weighted by molar-refractivity contribution is 0.599. The van der Waals surface area contributed by atoms with Gasteiger partial charge in [0.25, 0.3) is 0 Å². The minimum atomic E-state index is -3.41. The van der Waals surface area contributed by atoms with Crippen LogP contribution in [-0.4, -0.2) is 27.8 Å². The highest BCUT2D eigenvalue weighted by molar-refractivity contribution is 7.92. The van der Waals surface area contributed by atoms with Gasteiger partial charge in [-0.2, -0.15) is 0 Å². The molecule has 0 aromatic heterocycles. The van der Waals surface area contributed by atoms with Crippen molar-refractivity contribution in [1.82, 2.24) is 0 Å². The number of halogens is 1. The molecule has 1 N–H and O–H groups in total. The van der Waals surface area contributed by atoms with Gasteiger partial charge in [-0.05, 0) is 25.5 Å². The lowest BCUT2D eigenvalue weighted by Gasteiger charge is -2.23. The second kappa shape index (κ2) is 5.56. The number of nitrogens with one attached hydrogen (secondary N) is 1. The highest BCUT2D eigenvalue weighted by Crippen LogP contribution is 2.28. The van der Waals surface area contributed by atoms with E-state index in [9.17, 15) is 12.8 Å². The third kappa shape index (κ3) is 3.60. The SMILES string of the molecule is CCC(C)Nc1ccc(F)cc1N(C)S(C)(=O)=O. The number of benzene rings is 1. The fraction of sp³-hybridized carbons (Fsp3) is 0.500. The molecule has 1 unspecified atom stereocenters. The topological polar surface area (TPSA) is 49.4 Å². The average Bonchev–Trinajstić information content (AvgIpc) is 2.29. The van der Waals surface area contributed by atoms with Crippen LogP contribution in [0, 0.1) is 5.82 Å². The van der Waals surface area contributed by atoms with Gasteiger partial charge in [-0.25, -0.2) is 12.8 Å². The van der Waals surface area contributed by atoms with Crippen LogP contribution < -0.4 is 9.62 Å². The van der Waals surface area contributed by atoms with Crippen molar-refractivity contribution in [3.05, 3.63) is 24.0 Å². The standard InChI is InChI=1S/C12H19FN2O2S/c1-5-9(2)14-11-7-6-10(13)8-12(11)15(3)18(4,16)17/h6-9,14H,5H2,1-4H3. The van der Waals surface area contributed by atoms with Gasteiger partial charge in [0.2, 0.25) is 10.0 Å². The first-order valence-corrected chi connectivity index (χ1v) is 7.60. The second-order valence-electron chi connectivity index (χ2n) is 4.35. The molecule has 0 radical (unpaired) electrons. The third-order valence-corrected chi connectivity index (χ3v) is 4.00. The van der Waals surface area contributed by atoms with E-state index in [1.165, 1.54) is 19.2 Å². The number of rotatable bonds is 5.